The monoisotopic (exact) mass is 239 g/mol. The second-order valence-electron chi connectivity index (χ2n) is 3.59. The van der Waals surface area contributed by atoms with Crippen LogP contribution in [0, 0.1) is 0 Å². The number of hydrogen-bond acceptors (Lipinski definition) is 4. The van der Waals surface area contributed by atoms with Gasteiger partial charge in [-0.25, -0.2) is 8.42 Å². The highest BCUT2D eigenvalue weighted by molar-refractivity contribution is 7.95. The highest BCUT2D eigenvalue weighted by Crippen LogP contribution is 2.36. The van der Waals surface area contributed by atoms with E-state index in [0.29, 0.717) is 29.2 Å². The SMILES string of the molecule is COc1ccc2c(c1)C(CCN)=CS2(=O)=O. The number of rotatable bonds is 3. The molecule has 0 saturated heterocycles. The third-order valence-corrected chi connectivity index (χ3v) is 4.11. The summed E-state index contributed by atoms with van der Waals surface area (Å²) >= 11 is 0. The van der Waals surface area contributed by atoms with Crippen LogP contribution in [0.3, 0.4) is 0 Å². The van der Waals surface area contributed by atoms with Crippen LogP contribution in [-0.2, 0) is 9.84 Å². The molecule has 0 amide bonds. The van der Waals surface area contributed by atoms with E-state index in [9.17, 15) is 8.42 Å². The Labute approximate surface area is 94.6 Å². The fraction of sp³-hybridized carbons (Fsp3) is 0.273. The fourth-order valence-electron chi connectivity index (χ4n) is 1.80. The van der Waals surface area contributed by atoms with Crippen LogP contribution in [0.15, 0.2) is 28.5 Å². The van der Waals surface area contributed by atoms with Gasteiger partial charge in [0.15, 0.2) is 0 Å². The number of nitrogens with two attached hydrogens (primary N) is 1. The normalized spacial score (nSPS) is 16.8. The van der Waals surface area contributed by atoms with Crippen molar-refractivity contribution in [2.75, 3.05) is 13.7 Å². The Bertz CT molecular complexity index is 546. The zero-order valence-electron chi connectivity index (χ0n) is 8.93. The van der Waals surface area contributed by atoms with Gasteiger partial charge in [-0.2, -0.15) is 0 Å². The predicted molar refractivity (Wildman–Crippen MR) is 61.8 cm³/mol. The van der Waals surface area contributed by atoms with E-state index in [4.69, 9.17) is 10.5 Å². The summed E-state index contributed by atoms with van der Waals surface area (Å²) in [5.41, 5.74) is 6.93. The van der Waals surface area contributed by atoms with Gasteiger partial charge in [0.1, 0.15) is 5.75 Å². The topological polar surface area (TPSA) is 69.4 Å². The fourth-order valence-corrected chi connectivity index (χ4v) is 3.30. The second-order valence-corrected chi connectivity index (χ2v) is 5.35. The van der Waals surface area contributed by atoms with E-state index < -0.39 is 9.84 Å². The number of benzene rings is 1. The standard InChI is InChI=1S/C11H13NO3S/c1-15-9-2-3-11-10(6-9)8(4-5-12)7-16(11,13)14/h2-3,6-7H,4-5,12H2,1H3. The lowest BCUT2D eigenvalue weighted by atomic mass is 10.0. The van der Waals surface area contributed by atoms with Gasteiger partial charge in [-0.15, -0.1) is 0 Å². The van der Waals surface area contributed by atoms with Crippen LogP contribution in [0.4, 0.5) is 0 Å². The molecule has 86 valence electrons. The third kappa shape index (κ3) is 1.72. The molecule has 1 aliphatic rings. The van der Waals surface area contributed by atoms with Crippen molar-refractivity contribution in [3.63, 3.8) is 0 Å². The molecule has 0 radical (unpaired) electrons. The molecule has 2 N–H and O–H groups in total. The molecule has 1 heterocycles. The first-order valence-electron chi connectivity index (χ1n) is 4.92. The van der Waals surface area contributed by atoms with Gasteiger partial charge in [0, 0.05) is 11.0 Å². The Morgan fingerprint density at radius 1 is 1.38 bits per heavy atom. The molecule has 0 aliphatic carbocycles. The van der Waals surface area contributed by atoms with E-state index in [2.05, 4.69) is 0 Å². The van der Waals surface area contributed by atoms with Gasteiger partial charge in [-0.05, 0) is 36.7 Å². The number of hydrogen-bond donors (Lipinski definition) is 1. The Balaban J connectivity index is 2.58. The van der Waals surface area contributed by atoms with Crippen LogP contribution >= 0.6 is 0 Å². The van der Waals surface area contributed by atoms with Crippen LogP contribution < -0.4 is 10.5 Å². The maximum Gasteiger partial charge on any atom is 0.200 e. The quantitative estimate of drug-likeness (QED) is 0.859. The van der Waals surface area contributed by atoms with Crippen LogP contribution in [-0.4, -0.2) is 22.1 Å². The Morgan fingerprint density at radius 3 is 2.75 bits per heavy atom. The summed E-state index contributed by atoms with van der Waals surface area (Å²) in [6.45, 7) is 0.429. The summed E-state index contributed by atoms with van der Waals surface area (Å²) < 4.78 is 28.6. The third-order valence-electron chi connectivity index (χ3n) is 2.55. The molecular weight excluding hydrogens is 226 g/mol. The molecular formula is C11H13NO3S. The molecule has 0 atom stereocenters. The summed E-state index contributed by atoms with van der Waals surface area (Å²) in [6, 6.07) is 4.96. The van der Waals surface area contributed by atoms with Crippen molar-refractivity contribution in [2.24, 2.45) is 5.73 Å². The molecule has 1 aromatic carbocycles. The minimum absolute atomic E-state index is 0.344. The number of fused-ring (bicyclic) bond motifs is 1. The van der Waals surface area contributed by atoms with Gasteiger partial charge in [0.25, 0.3) is 0 Å². The molecule has 0 bridgehead atoms. The highest BCUT2D eigenvalue weighted by Gasteiger charge is 2.26. The van der Waals surface area contributed by atoms with Crippen molar-refractivity contribution in [1.29, 1.82) is 0 Å². The Morgan fingerprint density at radius 2 is 2.12 bits per heavy atom. The number of methoxy groups -OCH3 is 1. The van der Waals surface area contributed by atoms with Crippen molar-refractivity contribution < 1.29 is 13.2 Å². The molecule has 5 heteroatoms. The zero-order chi connectivity index (χ0) is 11.8. The first kappa shape index (κ1) is 11.2. The smallest absolute Gasteiger partial charge is 0.200 e. The maximum absolute atomic E-state index is 11.8. The van der Waals surface area contributed by atoms with Gasteiger partial charge in [-0.1, -0.05) is 0 Å². The summed E-state index contributed by atoms with van der Waals surface area (Å²) in [5, 5.41) is 1.30. The highest BCUT2D eigenvalue weighted by atomic mass is 32.2. The minimum atomic E-state index is -3.28. The van der Waals surface area contributed by atoms with Crippen LogP contribution in [0.25, 0.3) is 5.57 Å². The first-order valence-corrected chi connectivity index (χ1v) is 6.47. The van der Waals surface area contributed by atoms with Gasteiger partial charge >= 0.3 is 0 Å². The lowest BCUT2D eigenvalue weighted by Crippen LogP contribution is -1.99. The lowest BCUT2D eigenvalue weighted by Gasteiger charge is -2.05. The van der Waals surface area contributed by atoms with Crippen LogP contribution in [0.1, 0.15) is 12.0 Å². The van der Waals surface area contributed by atoms with Gasteiger partial charge in [0.2, 0.25) is 9.84 Å². The van der Waals surface area contributed by atoms with E-state index in [0.717, 1.165) is 5.57 Å². The Hall–Kier alpha value is -1.33. The molecule has 16 heavy (non-hydrogen) atoms. The summed E-state index contributed by atoms with van der Waals surface area (Å²) in [6.07, 6.45) is 0.555. The summed E-state index contributed by atoms with van der Waals surface area (Å²) in [4.78, 5) is 0.344. The van der Waals surface area contributed by atoms with E-state index in [1.54, 1.807) is 25.3 Å². The first-order chi connectivity index (χ1) is 7.58. The predicted octanol–water partition coefficient (Wildman–Crippen LogP) is 1.17. The Kier molecular flexibility index (Phi) is 2.73. The molecule has 0 spiro atoms. The molecule has 4 nitrogen and oxygen atoms in total. The van der Waals surface area contributed by atoms with Crippen LogP contribution in [0.5, 0.6) is 5.75 Å². The van der Waals surface area contributed by atoms with E-state index >= 15 is 0 Å². The molecule has 0 fully saturated rings. The molecule has 1 aromatic rings. The van der Waals surface area contributed by atoms with Gasteiger partial charge in [-0.3, -0.25) is 0 Å². The zero-order valence-corrected chi connectivity index (χ0v) is 9.75. The van der Waals surface area contributed by atoms with Crippen molar-refractivity contribution in [3.05, 3.63) is 29.2 Å². The van der Waals surface area contributed by atoms with Crippen molar-refractivity contribution >= 4 is 15.4 Å². The largest absolute Gasteiger partial charge is 0.497 e. The molecule has 2 rings (SSSR count). The average molecular weight is 239 g/mol. The molecule has 0 aromatic heterocycles. The van der Waals surface area contributed by atoms with Crippen molar-refractivity contribution in [1.82, 2.24) is 0 Å². The van der Waals surface area contributed by atoms with Gasteiger partial charge in [0.05, 0.1) is 12.0 Å². The number of ether oxygens (including phenoxy) is 1. The van der Waals surface area contributed by atoms with Gasteiger partial charge < -0.3 is 10.5 Å². The van der Waals surface area contributed by atoms with E-state index in [1.807, 2.05) is 0 Å². The van der Waals surface area contributed by atoms with Crippen molar-refractivity contribution in [2.45, 2.75) is 11.3 Å². The minimum Gasteiger partial charge on any atom is -0.497 e. The van der Waals surface area contributed by atoms with Crippen LogP contribution in [0.2, 0.25) is 0 Å². The molecule has 0 saturated carbocycles. The summed E-state index contributed by atoms with van der Waals surface area (Å²) in [5.74, 6) is 0.652. The van der Waals surface area contributed by atoms with E-state index in [-0.39, 0.29) is 0 Å². The second kappa shape index (κ2) is 3.92. The number of sulfone groups is 1. The molecule has 1 aliphatic heterocycles. The average Bonchev–Trinajstić information content (AvgIpc) is 2.51. The molecule has 0 unspecified atom stereocenters. The summed E-state index contributed by atoms with van der Waals surface area (Å²) in [7, 11) is -1.72. The van der Waals surface area contributed by atoms with Crippen molar-refractivity contribution in [3.8, 4) is 5.75 Å². The maximum atomic E-state index is 11.8. The lowest BCUT2D eigenvalue weighted by molar-refractivity contribution is 0.414. The van der Waals surface area contributed by atoms with E-state index in [1.165, 1.54) is 5.41 Å².